The van der Waals surface area contributed by atoms with Crippen LogP contribution in [0.25, 0.3) is 0 Å². The van der Waals surface area contributed by atoms with E-state index in [1.54, 1.807) is 16.4 Å². The van der Waals surface area contributed by atoms with E-state index in [-0.39, 0.29) is 10.5 Å². The van der Waals surface area contributed by atoms with Crippen molar-refractivity contribution in [3.63, 3.8) is 0 Å². The predicted molar refractivity (Wildman–Crippen MR) is 85.7 cm³/mol. The molecule has 2 heterocycles. The molecule has 1 aromatic carbocycles. The van der Waals surface area contributed by atoms with Gasteiger partial charge in [0.2, 0.25) is 10.0 Å². The van der Waals surface area contributed by atoms with Gasteiger partial charge in [0.15, 0.2) is 0 Å². The predicted octanol–water partition coefficient (Wildman–Crippen LogP) is 1.79. The van der Waals surface area contributed by atoms with E-state index in [1.165, 1.54) is 6.07 Å². The van der Waals surface area contributed by atoms with Crippen LogP contribution in [0.15, 0.2) is 23.1 Å². The molecule has 0 saturated carbocycles. The van der Waals surface area contributed by atoms with Crippen LogP contribution < -0.4 is 5.32 Å². The van der Waals surface area contributed by atoms with Crippen LogP contribution in [0.1, 0.15) is 18.4 Å². The van der Waals surface area contributed by atoms with E-state index in [1.807, 2.05) is 6.92 Å². The van der Waals surface area contributed by atoms with Gasteiger partial charge in [0.25, 0.3) is 0 Å². The van der Waals surface area contributed by atoms with Crippen molar-refractivity contribution in [3.05, 3.63) is 28.8 Å². The Kier molecular flexibility index (Phi) is 4.49. The number of sulfonamides is 1. The first-order valence-electron chi connectivity index (χ1n) is 7.54. The van der Waals surface area contributed by atoms with Crippen molar-refractivity contribution in [2.45, 2.75) is 30.3 Å². The number of ether oxygens (including phenoxy) is 1. The normalized spacial score (nSPS) is 22.8. The molecule has 2 aliphatic rings. The topological polar surface area (TPSA) is 58.6 Å². The lowest BCUT2D eigenvalue weighted by Gasteiger charge is -2.44. The number of aryl methyl sites for hydroxylation is 1. The molecule has 3 rings (SSSR count). The minimum absolute atomic E-state index is 0.258. The third-order valence-corrected chi connectivity index (χ3v) is 6.76. The molecule has 1 spiro atoms. The van der Waals surface area contributed by atoms with E-state index in [4.69, 9.17) is 16.3 Å². The average molecular weight is 345 g/mol. The molecule has 1 N–H and O–H groups in total. The summed E-state index contributed by atoms with van der Waals surface area (Å²) in [7, 11) is -3.53. The molecule has 7 heteroatoms. The molecular weight excluding hydrogens is 324 g/mol. The molecule has 0 atom stereocenters. The molecule has 0 aromatic heterocycles. The highest BCUT2D eigenvalue weighted by Crippen LogP contribution is 2.31. The van der Waals surface area contributed by atoms with Crippen molar-refractivity contribution < 1.29 is 13.2 Å². The van der Waals surface area contributed by atoms with Gasteiger partial charge in [-0.05, 0) is 50.6 Å². The van der Waals surface area contributed by atoms with E-state index in [0.29, 0.717) is 24.7 Å². The molecule has 0 bridgehead atoms. The van der Waals surface area contributed by atoms with E-state index in [2.05, 4.69) is 5.32 Å². The van der Waals surface area contributed by atoms with Gasteiger partial charge in [-0.1, -0.05) is 17.7 Å². The molecule has 122 valence electrons. The maximum absolute atomic E-state index is 12.9. The van der Waals surface area contributed by atoms with Crippen molar-refractivity contribution >= 4 is 21.6 Å². The lowest BCUT2D eigenvalue weighted by Crippen LogP contribution is -2.57. The summed E-state index contributed by atoms with van der Waals surface area (Å²) >= 11 is 6.09. The Bertz CT molecular complexity index is 651. The van der Waals surface area contributed by atoms with Crippen molar-refractivity contribution in [2.75, 3.05) is 32.8 Å². The fourth-order valence-corrected chi connectivity index (χ4v) is 4.85. The first-order chi connectivity index (χ1) is 10.4. The van der Waals surface area contributed by atoms with Crippen LogP contribution in [-0.4, -0.2) is 51.1 Å². The second kappa shape index (κ2) is 6.09. The second-order valence-corrected chi connectivity index (χ2v) is 8.38. The third kappa shape index (κ3) is 3.03. The first kappa shape index (κ1) is 16.2. The van der Waals surface area contributed by atoms with Crippen LogP contribution >= 0.6 is 11.6 Å². The zero-order chi connectivity index (χ0) is 15.8. The number of nitrogens with one attached hydrogen (secondary N) is 1. The lowest BCUT2D eigenvalue weighted by molar-refractivity contribution is -0.105. The van der Waals surface area contributed by atoms with Crippen LogP contribution in [0.4, 0.5) is 0 Å². The van der Waals surface area contributed by atoms with E-state index in [0.717, 1.165) is 31.5 Å². The molecule has 0 radical (unpaired) electrons. The quantitative estimate of drug-likeness (QED) is 0.888. The van der Waals surface area contributed by atoms with E-state index in [9.17, 15) is 8.42 Å². The Morgan fingerprint density at radius 2 is 2.05 bits per heavy atom. The fourth-order valence-electron chi connectivity index (χ4n) is 3.08. The highest BCUT2D eigenvalue weighted by atomic mass is 35.5. The summed E-state index contributed by atoms with van der Waals surface area (Å²) < 4.78 is 33.2. The molecule has 1 aromatic rings. The summed E-state index contributed by atoms with van der Waals surface area (Å²) in [6, 6.07) is 4.91. The van der Waals surface area contributed by atoms with Gasteiger partial charge in [-0.15, -0.1) is 0 Å². The standard InChI is InChI=1S/C15H21ClN2O3S/c1-12-2-3-13(10-14(12)16)22(19,20)18-8-9-21-15(11-18)4-6-17-7-5-15/h2-3,10,17H,4-9,11H2,1H3. The van der Waals surface area contributed by atoms with Gasteiger partial charge >= 0.3 is 0 Å². The van der Waals surface area contributed by atoms with Crippen LogP contribution in [0.2, 0.25) is 5.02 Å². The van der Waals surface area contributed by atoms with Crippen LogP contribution in [-0.2, 0) is 14.8 Å². The second-order valence-electron chi connectivity index (χ2n) is 6.03. The number of hydrogen-bond acceptors (Lipinski definition) is 4. The van der Waals surface area contributed by atoms with Gasteiger partial charge in [-0.25, -0.2) is 8.42 Å². The molecule has 0 aliphatic carbocycles. The molecule has 2 aliphatic heterocycles. The smallest absolute Gasteiger partial charge is 0.243 e. The molecule has 22 heavy (non-hydrogen) atoms. The van der Waals surface area contributed by atoms with Gasteiger partial charge in [0, 0.05) is 18.1 Å². The highest BCUT2D eigenvalue weighted by molar-refractivity contribution is 7.89. The zero-order valence-corrected chi connectivity index (χ0v) is 14.2. The molecule has 5 nitrogen and oxygen atoms in total. The zero-order valence-electron chi connectivity index (χ0n) is 12.6. The van der Waals surface area contributed by atoms with E-state index >= 15 is 0 Å². The lowest BCUT2D eigenvalue weighted by atomic mass is 9.91. The van der Waals surface area contributed by atoms with Crippen LogP contribution in [0.3, 0.4) is 0 Å². The minimum atomic E-state index is -3.53. The van der Waals surface area contributed by atoms with E-state index < -0.39 is 10.0 Å². The fraction of sp³-hybridized carbons (Fsp3) is 0.600. The Hall–Kier alpha value is -0.660. The molecular formula is C15H21ClN2O3S. The molecule has 0 unspecified atom stereocenters. The number of halogens is 1. The summed E-state index contributed by atoms with van der Waals surface area (Å²) in [5, 5.41) is 3.77. The Morgan fingerprint density at radius 3 is 2.73 bits per heavy atom. The summed E-state index contributed by atoms with van der Waals surface area (Å²) in [6.45, 7) is 4.84. The Balaban J connectivity index is 1.86. The first-order valence-corrected chi connectivity index (χ1v) is 9.36. The summed E-state index contributed by atoms with van der Waals surface area (Å²) in [6.07, 6.45) is 1.68. The van der Waals surface area contributed by atoms with Crippen molar-refractivity contribution in [1.29, 1.82) is 0 Å². The number of piperidine rings is 1. The van der Waals surface area contributed by atoms with Crippen LogP contribution in [0.5, 0.6) is 0 Å². The molecule has 2 fully saturated rings. The van der Waals surface area contributed by atoms with Crippen LogP contribution in [0, 0.1) is 6.92 Å². The highest BCUT2D eigenvalue weighted by Gasteiger charge is 2.41. The Labute approximate surface area is 136 Å². The van der Waals surface area contributed by atoms with Gasteiger partial charge in [-0.2, -0.15) is 4.31 Å². The van der Waals surface area contributed by atoms with Crippen molar-refractivity contribution in [2.24, 2.45) is 0 Å². The number of morpholine rings is 1. The maximum Gasteiger partial charge on any atom is 0.243 e. The van der Waals surface area contributed by atoms with Crippen molar-refractivity contribution in [3.8, 4) is 0 Å². The average Bonchev–Trinajstić information content (AvgIpc) is 2.51. The summed E-state index contributed by atoms with van der Waals surface area (Å²) in [5.41, 5.74) is 0.530. The minimum Gasteiger partial charge on any atom is -0.372 e. The van der Waals surface area contributed by atoms with Gasteiger partial charge in [0.1, 0.15) is 0 Å². The monoisotopic (exact) mass is 344 g/mol. The molecule has 2 saturated heterocycles. The maximum atomic E-state index is 12.9. The SMILES string of the molecule is Cc1ccc(S(=O)(=O)N2CCOC3(CCNCC3)C2)cc1Cl. The number of nitrogens with zero attached hydrogens (tertiary/aromatic N) is 1. The van der Waals surface area contributed by atoms with Crippen molar-refractivity contribution in [1.82, 2.24) is 9.62 Å². The summed E-state index contributed by atoms with van der Waals surface area (Å²) in [5.74, 6) is 0. The number of hydrogen-bond donors (Lipinski definition) is 1. The van der Waals surface area contributed by atoms with Gasteiger partial charge in [-0.3, -0.25) is 0 Å². The molecule has 0 amide bonds. The van der Waals surface area contributed by atoms with Gasteiger partial charge in [0.05, 0.1) is 17.1 Å². The Morgan fingerprint density at radius 1 is 1.32 bits per heavy atom. The number of rotatable bonds is 2. The third-order valence-electron chi connectivity index (χ3n) is 4.51. The number of benzene rings is 1. The largest absolute Gasteiger partial charge is 0.372 e. The van der Waals surface area contributed by atoms with Gasteiger partial charge < -0.3 is 10.1 Å². The summed E-state index contributed by atoms with van der Waals surface area (Å²) in [4.78, 5) is 0.258.